The molecule has 1 heterocycles. The Bertz CT molecular complexity index is 921. The van der Waals surface area contributed by atoms with Crippen molar-refractivity contribution < 1.29 is 9.59 Å². The van der Waals surface area contributed by atoms with Gasteiger partial charge in [0.05, 0.1) is 0 Å². The van der Waals surface area contributed by atoms with E-state index in [4.69, 9.17) is 0 Å². The van der Waals surface area contributed by atoms with Crippen molar-refractivity contribution in [2.45, 2.75) is 34.2 Å². The molecular formula is C21H21NO2. The van der Waals surface area contributed by atoms with Crippen LogP contribution in [-0.2, 0) is 6.54 Å². The van der Waals surface area contributed by atoms with Gasteiger partial charge in [0, 0.05) is 29.1 Å². The molecule has 0 spiro atoms. The molecule has 0 aliphatic rings. The third-order valence-corrected chi connectivity index (χ3v) is 4.70. The van der Waals surface area contributed by atoms with Gasteiger partial charge in [-0.3, -0.25) is 9.59 Å². The number of benzene rings is 2. The van der Waals surface area contributed by atoms with E-state index in [0.717, 1.165) is 11.4 Å². The number of nitrogens with zero attached hydrogens (tertiary/aromatic N) is 1. The van der Waals surface area contributed by atoms with Gasteiger partial charge in [0.1, 0.15) is 0 Å². The maximum atomic E-state index is 12.1. The zero-order valence-electron chi connectivity index (χ0n) is 14.5. The molecular weight excluding hydrogens is 298 g/mol. The fourth-order valence-corrected chi connectivity index (χ4v) is 3.58. The molecule has 3 heteroatoms. The van der Waals surface area contributed by atoms with Crippen molar-refractivity contribution in [2.24, 2.45) is 0 Å². The van der Waals surface area contributed by atoms with Gasteiger partial charge < -0.3 is 4.57 Å². The van der Waals surface area contributed by atoms with Crippen LogP contribution in [0.3, 0.4) is 0 Å². The minimum atomic E-state index is -0.0579. The van der Waals surface area contributed by atoms with Crippen LogP contribution >= 0.6 is 0 Å². The molecule has 3 nitrogen and oxygen atoms in total. The SMILES string of the molecule is CC(=O)c1c(C(C)=O)c(C)n(Cc2cccc3ccccc23)c1C. The van der Waals surface area contributed by atoms with Crippen LogP contribution in [0.4, 0.5) is 0 Å². The normalized spacial score (nSPS) is 11.0. The van der Waals surface area contributed by atoms with E-state index in [1.54, 1.807) is 0 Å². The molecule has 0 radical (unpaired) electrons. The van der Waals surface area contributed by atoms with E-state index in [0.29, 0.717) is 17.7 Å². The van der Waals surface area contributed by atoms with Crippen molar-refractivity contribution in [3.63, 3.8) is 0 Å². The molecule has 0 bridgehead atoms. The average molecular weight is 319 g/mol. The Morgan fingerprint density at radius 2 is 1.38 bits per heavy atom. The van der Waals surface area contributed by atoms with Crippen LogP contribution in [0, 0.1) is 13.8 Å². The van der Waals surface area contributed by atoms with E-state index < -0.39 is 0 Å². The molecule has 0 N–H and O–H groups in total. The van der Waals surface area contributed by atoms with Gasteiger partial charge in [0.15, 0.2) is 11.6 Å². The molecule has 0 atom stereocenters. The predicted molar refractivity (Wildman–Crippen MR) is 97.0 cm³/mol. The second-order valence-electron chi connectivity index (χ2n) is 6.26. The summed E-state index contributed by atoms with van der Waals surface area (Å²) in [5.41, 5.74) is 4.01. The standard InChI is InChI=1S/C21H21NO2/c1-13-20(15(3)23)21(16(4)24)14(2)22(13)12-18-10-7-9-17-8-5-6-11-19(17)18/h5-11H,12H2,1-4H3. The van der Waals surface area contributed by atoms with Crippen LogP contribution in [0.5, 0.6) is 0 Å². The summed E-state index contributed by atoms with van der Waals surface area (Å²) in [5.74, 6) is -0.116. The van der Waals surface area contributed by atoms with E-state index in [2.05, 4.69) is 28.8 Å². The van der Waals surface area contributed by atoms with Crippen LogP contribution in [0.1, 0.15) is 51.5 Å². The van der Waals surface area contributed by atoms with Crippen molar-refractivity contribution >= 4 is 22.3 Å². The first-order chi connectivity index (χ1) is 11.4. The zero-order valence-corrected chi connectivity index (χ0v) is 14.5. The molecule has 0 aliphatic heterocycles. The average Bonchev–Trinajstić information content (AvgIpc) is 2.80. The number of aromatic nitrogens is 1. The van der Waals surface area contributed by atoms with E-state index in [9.17, 15) is 9.59 Å². The molecule has 0 aliphatic carbocycles. The molecule has 0 unspecified atom stereocenters. The van der Waals surface area contributed by atoms with Crippen molar-refractivity contribution in [1.29, 1.82) is 0 Å². The van der Waals surface area contributed by atoms with Crippen molar-refractivity contribution in [3.05, 3.63) is 70.5 Å². The quantitative estimate of drug-likeness (QED) is 0.653. The molecule has 2 aromatic carbocycles. The topological polar surface area (TPSA) is 39.1 Å². The third-order valence-electron chi connectivity index (χ3n) is 4.70. The highest BCUT2D eigenvalue weighted by Gasteiger charge is 2.23. The van der Waals surface area contributed by atoms with E-state index in [1.165, 1.54) is 30.2 Å². The van der Waals surface area contributed by atoms with Crippen LogP contribution in [-0.4, -0.2) is 16.1 Å². The zero-order chi connectivity index (χ0) is 17.4. The van der Waals surface area contributed by atoms with Crippen LogP contribution in [0.25, 0.3) is 10.8 Å². The lowest BCUT2D eigenvalue weighted by atomic mass is 10.0. The van der Waals surface area contributed by atoms with Crippen LogP contribution < -0.4 is 0 Å². The van der Waals surface area contributed by atoms with E-state index >= 15 is 0 Å². The molecule has 0 saturated carbocycles. The number of carbonyl (C=O) groups excluding carboxylic acids is 2. The number of fused-ring (bicyclic) bond motifs is 1. The number of carbonyl (C=O) groups is 2. The summed E-state index contributed by atoms with van der Waals surface area (Å²) in [6, 6.07) is 14.5. The molecule has 1 aromatic heterocycles. The minimum absolute atomic E-state index is 0.0579. The molecule has 0 fully saturated rings. The molecule has 0 amide bonds. The second-order valence-corrected chi connectivity index (χ2v) is 6.26. The number of ketones is 2. The third kappa shape index (κ3) is 2.56. The van der Waals surface area contributed by atoms with Gasteiger partial charge in [0.25, 0.3) is 0 Å². The predicted octanol–water partition coefficient (Wildman–Crippen LogP) is 4.71. The van der Waals surface area contributed by atoms with Crippen molar-refractivity contribution in [3.8, 4) is 0 Å². The molecule has 3 aromatic rings. The van der Waals surface area contributed by atoms with Crippen molar-refractivity contribution in [2.75, 3.05) is 0 Å². The summed E-state index contributed by atoms with van der Waals surface area (Å²) in [7, 11) is 0. The summed E-state index contributed by atoms with van der Waals surface area (Å²) in [6.07, 6.45) is 0. The number of Topliss-reactive ketones (excluding diaryl/α,β-unsaturated/α-hetero) is 2. The van der Waals surface area contributed by atoms with Gasteiger partial charge in [-0.2, -0.15) is 0 Å². The van der Waals surface area contributed by atoms with Crippen molar-refractivity contribution in [1.82, 2.24) is 4.57 Å². The first-order valence-corrected chi connectivity index (χ1v) is 8.10. The molecule has 24 heavy (non-hydrogen) atoms. The van der Waals surface area contributed by atoms with Gasteiger partial charge in [-0.05, 0) is 44.0 Å². The Balaban J connectivity index is 2.19. The van der Waals surface area contributed by atoms with Crippen LogP contribution in [0.2, 0.25) is 0 Å². The lowest BCUT2D eigenvalue weighted by Gasteiger charge is -2.12. The van der Waals surface area contributed by atoms with Gasteiger partial charge in [-0.1, -0.05) is 42.5 Å². The van der Waals surface area contributed by atoms with Gasteiger partial charge in [-0.25, -0.2) is 0 Å². The van der Waals surface area contributed by atoms with Crippen LogP contribution in [0.15, 0.2) is 42.5 Å². The Labute approximate surface area is 141 Å². The molecule has 122 valence electrons. The Kier molecular flexibility index (Phi) is 4.10. The van der Waals surface area contributed by atoms with Gasteiger partial charge in [0.2, 0.25) is 0 Å². The van der Waals surface area contributed by atoms with E-state index in [1.807, 2.05) is 32.0 Å². The Hall–Kier alpha value is -2.68. The van der Waals surface area contributed by atoms with Gasteiger partial charge >= 0.3 is 0 Å². The maximum absolute atomic E-state index is 12.1. The first-order valence-electron chi connectivity index (χ1n) is 8.10. The summed E-state index contributed by atoms with van der Waals surface area (Å²) in [4.78, 5) is 24.1. The Morgan fingerprint density at radius 3 is 1.96 bits per heavy atom. The fourth-order valence-electron chi connectivity index (χ4n) is 3.58. The first kappa shape index (κ1) is 16.2. The van der Waals surface area contributed by atoms with E-state index in [-0.39, 0.29) is 11.6 Å². The number of hydrogen-bond acceptors (Lipinski definition) is 2. The smallest absolute Gasteiger partial charge is 0.162 e. The number of hydrogen-bond donors (Lipinski definition) is 0. The molecule has 0 saturated heterocycles. The highest BCUT2D eigenvalue weighted by atomic mass is 16.1. The summed E-state index contributed by atoms with van der Waals surface area (Å²) >= 11 is 0. The van der Waals surface area contributed by atoms with Gasteiger partial charge in [-0.15, -0.1) is 0 Å². The number of rotatable bonds is 4. The second kappa shape index (κ2) is 6.08. The summed E-state index contributed by atoms with van der Waals surface area (Å²) in [6.45, 7) is 7.53. The Morgan fingerprint density at radius 1 is 0.833 bits per heavy atom. The lowest BCUT2D eigenvalue weighted by Crippen LogP contribution is -2.05. The minimum Gasteiger partial charge on any atom is -0.343 e. The lowest BCUT2D eigenvalue weighted by molar-refractivity contribution is 0.0981. The maximum Gasteiger partial charge on any atom is 0.162 e. The molecule has 3 rings (SSSR count). The highest BCUT2D eigenvalue weighted by molar-refractivity contribution is 6.09. The summed E-state index contributed by atoms with van der Waals surface area (Å²) in [5, 5.41) is 2.39. The largest absolute Gasteiger partial charge is 0.343 e. The summed E-state index contributed by atoms with van der Waals surface area (Å²) < 4.78 is 2.08. The monoisotopic (exact) mass is 319 g/mol. The highest BCUT2D eigenvalue weighted by Crippen LogP contribution is 2.26. The fraction of sp³-hybridized carbons (Fsp3) is 0.238.